The van der Waals surface area contributed by atoms with Gasteiger partial charge in [0.2, 0.25) is 0 Å². The number of hydrogen-bond donors (Lipinski definition) is 0. The molecule has 0 saturated heterocycles. The summed E-state index contributed by atoms with van der Waals surface area (Å²) in [6, 6.07) is 0. The Labute approximate surface area is 84.2 Å². The standard InChI is InChI=1S/C9H17N2O3/c1-5-6-14-8(13)11(4)9(2,3)7(10)12/h10H,5-6H2,1-4H3. The molecular formula is C9H17N2O3. The zero-order chi connectivity index (χ0) is 11.4. The van der Waals surface area contributed by atoms with E-state index in [0.29, 0.717) is 6.61 Å². The van der Waals surface area contributed by atoms with E-state index in [9.17, 15) is 9.59 Å². The average Bonchev–Trinajstić information content (AvgIpc) is 2.12. The van der Waals surface area contributed by atoms with Crippen LogP contribution in [0.4, 0.5) is 4.79 Å². The van der Waals surface area contributed by atoms with Crippen LogP contribution in [0.25, 0.3) is 0 Å². The second kappa shape index (κ2) is 4.83. The van der Waals surface area contributed by atoms with Gasteiger partial charge in [-0.05, 0) is 20.3 Å². The highest BCUT2D eigenvalue weighted by molar-refractivity contribution is 5.87. The quantitative estimate of drug-likeness (QED) is 0.682. The van der Waals surface area contributed by atoms with Gasteiger partial charge in [-0.1, -0.05) is 6.92 Å². The van der Waals surface area contributed by atoms with Crippen molar-refractivity contribution in [2.75, 3.05) is 13.7 Å². The van der Waals surface area contributed by atoms with Gasteiger partial charge in [0.05, 0.1) is 6.61 Å². The molecule has 0 aliphatic rings. The molecule has 0 aliphatic carbocycles. The summed E-state index contributed by atoms with van der Waals surface area (Å²) in [7, 11) is 1.45. The van der Waals surface area contributed by atoms with Gasteiger partial charge in [-0.2, -0.15) is 0 Å². The average molecular weight is 201 g/mol. The molecule has 0 rings (SSSR count). The first kappa shape index (κ1) is 12.7. The van der Waals surface area contributed by atoms with E-state index in [2.05, 4.69) is 0 Å². The lowest BCUT2D eigenvalue weighted by Crippen LogP contribution is -2.51. The van der Waals surface area contributed by atoms with Crippen molar-refractivity contribution in [1.29, 1.82) is 0 Å². The monoisotopic (exact) mass is 201 g/mol. The van der Waals surface area contributed by atoms with Crippen molar-refractivity contribution in [3.8, 4) is 0 Å². The molecule has 0 heterocycles. The van der Waals surface area contributed by atoms with E-state index in [-0.39, 0.29) is 0 Å². The molecule has 0 fully saturated rings. The Bertz CT molecular complexity index is 226. The number of rotatable bonds is 4. The minimum atomic E-state index is -1.13. The fourth-order valence-corrected chi connectivity index (χ4v) is 0.667. The van der Waals surface area contributed by atoms with Crippen molar-refractivity contribution in [1.82, 2.24) is 10.6 Å². The number of carbonyl (C=O) groups is 2. The van der Waals surface area contributed by atoms with Gasteiger partial charge in [-0.25, -0.2) is 4.79 Å². The predicted octanol–water partition coefficient (Wildman–Crippen LogP) is 1.05. The molecule has 2 amide bonds. The Morgan fingerprint density at radius 1 is 1.43 bits per heavy atom. The normalized spacial score (nSPS) is 10.9. The van der Waals surface area contributed by atoms with Crippen molar-refractivity contribution in [3.05, 3.63) is 0 Å². The largest absolute Gasteiger partial charge is 0.449 e. The molecule has 5 nitrogen and oxygen atoms in total. The molecule has 5 heteroatoms. The van der Waals surface area contributed by atoms with E-state index in [1.54, 1.807) is 0 Å². The molecule has 1 N–H and O–H groups in total. The zero-order valence-electron chi connectivity index (χ0n) is 9.09. The topological polar surface area (TPSA) is 70.4 Å². The van der Waals surface area contributed by atoms with E-state index < -0.39 is 17.5 Å². The van der Waals surface area contributed by atoms with Gasteiger partial charge in [0.15, 0.2) is 0 Å². The lowest BCUT2D eigenvalue weighted by atomic mass is 10.0. The fraction of sp³-hybridized carbons (Fsp3) is 0.778. The summed E-state index contributed by atoms with van der Waals surface area (Å²) < 4.78 is 4.84. The second-order valence-corrected chi connectivity index (χ2v) is 3.56. The van der Waals surface area contributed by atoms with Gasteiger partial charge in [-0.3, -0.25) is 15.4 Å². The van der Waals surface area contributed by atoms with Gasteiger partial charge in [0.25, 0.3) is 5.91 Å². The Kier molecular flexibility index (Phi) is 4.40. The Balaban J connectivity index is 4.37. The van der Waals surface area contributed by atoms with Crippen LogP contribution in [-0.4, -0.2) is 36.1 Å². The highest BCUT2D eigenvalue weighted by Crippen LogP contribution is 2.13. The van der Waals surface area contributed by atoms with E-state index in [1.807, 2.05) is 6.92 Å². The van der Waals surface area contributed by atoms with Crippen LogP contribution in [0.15, 0.2) is 0 Å². The lowest BCUT2D eigenvalue weighted by Gasteiger charge is -2.31. The summed E-state index contributed by atoms with van der Waals surface area (Å²) in [4.78, 5) is 23.4. The van der Waals surface area contributed by atoms with Crippen molar-refractivity contribution in [3.63, 3.8) is 0 Å². The molecule has 0 bridgehead atoms. The summed E-state index contributed by atoms with van der Waals surface area (Å²) in [6.07, 6.45) is 0.159. The maximum atomic E-state index is 11.3. The number of nitrogens with one attached hydrogen (secondary N) is 1. The zero-order valence-corrected chi connectivity index (χ0v) is 9.09. The van der Waals surface area contributed by atoms with Crippen LogP contribution >= 0.6 is 0 Å². The maximum absolute atomic E-state index is 11.3. The predicted molar refractivity (Wildman–Crippen MR) is 51.6 cm³/mol. The molecule has 81 valence electrons. The summed E-state index contributed by atoms with van der Waals surface area (Å²) in [5.41, 5.74) is 5.86. The Morgan fingerprint density at radius 2 is 1.93 bits per heavy atom. The molecule has 1 radical (unpaired) electrons. The van der Waals surface area contributed by atoms with E-state index in [4.69, 9.17) is 10.5 Å². The summed E-state index contributed by atoms with van der Waals surface area (Å²) in [5, 5.41) is 0. The third-order valence-corrected chi connectivity index (χ3v) is 2.10. The minimum Gasteiger partial charge on any atom is -0.449 e. The SMILES string of the molecule is CCCOC(=O)N(C)C(C)(C)C([NH])=O. The number of ether oxygens (including phenoxy) is 1. The van der Waals surface area contributed by atoms with E-state index >= 15 is 0 Å². The van der Waals surface area contributed by atoms with Crippen molar-refractivity contribution in [2.24, 2.45) is 0 Å². The van der Waals surface area contributed by atoms with Crippen LogP contribution in [0.5, 0.6) is 0 Å². The first-order valence-electron chi connectivity index (χ1n) is 4.50. The summed E-state index contributed by atoms with van der Waals surface area (Å²) in [6.45, 7) is 5.23. The molecule has 0 atom stereocenters. The van der Waals surface area contributed by atoms with Crippen LogP contribution in [0.1, 0.15) is 27.2 Å². The Morgan fingerprint density at radius 3 is 2.29 bits per heavy atom. The number of nitrogens with zero attached hydrogens (tertiary/aromatic N) is 1. The van der Waals surface area contributed by atoms with Gasteiger partial charge < -0.3 is 4.74 Å². The highest BCUT2D eigenvalue weighted by Gasteiger charge is 2.34. The Hall–Kier alpha value is -1.26. The smallest absolute Gasteiger partial charge is 0.410 e. The van der Waals surface area contributed by atoms with Crippen LogP contribution < -0.4 is 5.73 Å². The fourth-order valence-electron chi connectivity index (χ4n) is 0.667. The molecule has 0 aromatic rings. The van der Waals surface area contributed by atoms with Gasteiger partial charge in [0, 0.05) is 7.05 Å². The number of amides is 2. The number of carbonyl (C=O) groups excluding carboxylic acids is 2. The van der Waals surface area contributed by atoms with Crippen LogP contribution in [0, 0.1) is 0 Å². The summed E-state index contributed by atoms with van der Waals surface area (Å²) in [5.74, 6) is -0.812. The van der Waals surface area contributed by atoms with E-state index in [1.165, 1.54) is 20.9 Å². The molecule has 0 aliphatic heterocycles. The van der Waals surface area contributed by atoms with Gasteiger partial charge in [0.1, 0.15) is 5.54 Å². The third kappa shape index (κ3) is 2.90. The molecule has 0 saturated carbocycles. The van der Waals surface area contributed by atoms with Crippen LogP contribution in [0.3, 0.4) is 0 Å². The molecular weight excluding hydrogens is 184 g/mol. The lowest BCUT2D eigenvalue weighted by molar-refractivity contribution is -0.127. The van der Waals surface area contributed by atoms with Crippen LogP contribution in [0.2, 0.25) is 0 Å². The molecule has 0 aromatic heterocycles. The highest BCUT2D eigenvalue weighted by atomic mass is 16.6. The van der Waals surface area contributed by atoms with Crippen molar-refractivity contribution in [2.45, 2.75) is 32.7 Å². The molecule has 0 aromatic carbocycles. The van der Waals surface area contributed by atoms with Crippen molar-refractivity contribution < 1.29 is 14.3 Å². The maximum Gasteiger partial charge on any atom is 0.410 e. The van der Waals surface area contributed by atoms with Crippen LogP contribution in [-0.2, 0) is 9.53 Å². The second-order valence-electron chi connectivity index (χ2n) is 3.56. The van der Waals surface area contributed by atoms with E-state index in [0.717, 1.165) is 11.3 Å². The first-order chi connectivity index (χ1) is 6.34. The van der Waals surface area contributed by atoms with Gasteiger partial charge in [-0.15, -0.1) is 0 Å². The number of likely N-dealkylation sites (N-methyl/N-ethyl adjacent to an activating group) is 1. The van der Waals surface area contributed by atoms with Gasteiger partial charge >= 0.3 is 6.09 Å². The molecule has 0 spiro atoms. The summed E-state index contributed by atoms with van der Waals surface area (Å²) >= 11 is 0. The third-order valence-electron chi connectivity index (χ3n) is 2.10. The number of hydrogen-bond acceptors (Lipinski definition) is 3. The molecule has 14 heavy (non-hydrogen) atoms. The minimum absolute atomic E-state index is 0.325. The van der Waals surface area contributed by atoms with Crippen molar-refractivity contribution >= 4 is 12.0 Å². The molecule has 0 unspecified atom stereocenters. The first-order valence-corrected chi connectivity index (χ1v) is 4.50.